The summed E-state index contributed by atoms with van der Waals surface area (Å²) >= 11 is 18.7. The standard InChI is InChI=1S/C23H25Cl3N2O2/c1-15(23(30)27-18-8-2-3-9-18)28(14-19-20(25)10-5-11-21(19)26)22(29)13-16-6-4-7-17(24)12-16/h4-7,10-12,15,18H,2-3,8-9,13-14H2,1H3,(H,27,30)/t15-/m0/s1. The minimum atomic E-state index is -0.662. The fourth-order valence-corrected chi connectivity index (χ4v) is 4.48. The molecule has 1 atom stereocenters. The molecule has 1 aliphatic carbocycles. The predicted molar refractivity (Wildman–Crippen MR) is 122 cm³/mol. The van der Waals surface area contributed by atoms with Gasteiger partial charge in [0.2, 0.25) is 11.8 Å². The summed E-state index contributed by atoms with van der Waals surface area (Å²) < 4.78 is 0. The molecule has 1 aliphatic rings. The molecule has 4 nitrogen and oxygen atoms in total. The second-order valence-corrected chi connectivity index (χ2v) is 8.95. The van der Waals surface area contributed by atoms with Crippen molar-refractivity contribution < 1.29 is 9.59 Å². The first-order valence-corrected chi connectivity index (χ1v) is 11.3. The van der Waals surface area contributed by atoms with Crippen molar-refractivity contribution in [3.05, 3.63) is 68.7 Å². The van der Waals surface area contributed by atoms with Gasteiger partial charge in [0, 0.05) is 33.2 Å². The summed E-state index contributed by atoms with van der Waals surface area (Å²) in [5, 5.41) is 4.57. The number of benzene rings is 2. The zero-order chi connectivity index (χ0) is 21.7. The second-order valence-electron chi connectivity index (χ2n) is 7.69. The topological polar surface area (TPSA) is 49.4 Å². The first kappa shape index (κ1) is 22.9. The monoisotopic (exact) mass is 466 g/mol. The summed E-state index contributed by atoms with van der Waals surface area (Å²) in [6, 6.07) is 11.9. The average molecular weight is 468 g/mol. The Kier molecular flexibility index (Phi) is 8.04. The van der Waals surface area contributed by atoms with E-state index in [9.17, 15) is 9.59 Å². The maximum absolute atomic E-state index is 13.3. The van der Waals surface area contributed by atoms with Gasteiger partial charge in [-0.15, -0.1) is 0 Å². The molecule has 0 saturated heterocycles. The zero-order valence-electron chi connectivity index (χ0n) is 16.8. The third kappa shape index (κ3) is 5.90. The van der Waals surface area contributed by atoms with Gasteiger partial charge in [-0.3, -0.25) is 9.59 Å². The Labute approximate surface area is 192 Å². The van der Waals surface area contributed by atoms with Gasteiger partial charge in [0.15, 0.2) is 0 Å². The van der Waals surface area contributed by atoms with Gasteiger partial charge in [-0.05, 0) is 49.6 Å². The molecule has 160 valence electrons. The van der Waals surface area contributed by atoms with Crippen molar-refractivity contribution in [2.75, 3.05) is 0 Å². The maximum Gasteiger partial charge on any atom is 0.242 e. The van der Waals surface area contributed by atoms with E-state index in [4.69, 9.17) is 34.8 Å². The van der Waals surface area contributed by atoms with Crippen LogP contribution < -0.4 is 5.32 Å². The van der Waals surface area contributed by atoms with Crippen molar-refractivity contribution in [3.8, 4) is 0 Å². The van der Waals surface area contributed by atoms with Crippen molar-refractivity contribution in [1.82, 2.24) is 10.2 Å². The highest BCUT2D eigenvalue weighted by atomic mass is 35.5. The fraction of sp³-hybridized carbons (Fsp3) is 0.391. The molecule has 3 rings (SSSR count). The van der Waals surface area contributed by atoms with Crippen LogP contribution >= 0.6 is 34.8 Å². The highest BCUT2D eigenvalue weighted by molar-refractivity contribution is 6.36. The number of nitrogens with one attached hydrogen (secondary N) is 1. The zero-order valence-corrected chi connectivity index (χ0v) is 19.1. The number of nitrogens with zero attached hydrogens (tertiary/aromatic N) is 1. The molecule has 1 fully saturated rings. The molecule has 0 aromatic heterocycles. The van der Waals surface area contributed by atoms with Gasteiger partial charge in [-0.25, -0.2) is 0 Å². The number of hydrogen-bond donors (Lipinski definition) is 1. The second kappa shape index (κ2) is 10.5. The van der Waals surface area contributed by atoms with Crippen LogP contribution in [-0.4, -0.2) is 28.8 Å². The van der Waals surface area contributed by atoms with Gasteiger partial charge in [0.1, 0.15) is 6.04 Å². The molecule has 0 unspecified atom stereocenters. The third-order valence-electron chi connectivity index (χ3n) is 5.50. The predicted octanol–water partition coefficient (Wildman–Crippen LogP) is 5.67. The van der Waals surface area contributed by atoms with Crippen molar-refractivity contribution in [2.45, 2.75) is 57.7 Å². The van der Waals surface area contributed by atoms with Crippen LogP contribution in [0.4, 0.5) is 0 Å². The number of hydrogen-bond acceptors (Lipinski definition) is 2. The van der Waals surface area contributed by atoms with E-state index in [1.807, 2.05) is 6.07 Å². The number of amides is 2. The number of carbonyl (C=O) groups excluding carboxylic acids is 2. The number of halogens is 3. The number of rotatable bonds is 7. The SMILES string of the molecule is C[C@@H](C(=O)NC1CCCC1)N(Cc1c(Cl)cccc1Cl)C(=O)Cc1cccc(Cl)c1. The number of carbonyl (C=O) groups is 2. The Morgan fingerprint density at radius 3 is 2.33 bits per heavy atom. The summed E-state index contributed by atoms with van der Waals surface area (Å²) in [6.45, 7) is 1.89. The van der Waals surface area contributed by atoms with Gasteiger partial charge in [0.25, 0.3) is 0 Å². The molecule has 0 aliphatic heterocycles. The molecule has 0 radical (unpaired) electrons. The van der Waals surface area contributed by atoms with Gasteiger partial charge in [-0.2, -0.15) is 0 Å². The molecular weight excluding hydrogens is 443 g/mol. The van der Waals surface area contributed by atoms with E-state index in [2.05, 4.69) is 5.32 Å². The third-order valence-corrected chi connectivity index (χ3v) is 6.45. The van der Waals surface area contributed by atoms with Crippen LogP contribution in [0.3, 0.4) is 0 Å². The lowest BCUT2D eigenvalue weighted by molar-refractivity contribution is -0.140. The summed E-state index contributed by atoms with van der Waals surface area (Å²) in [5.74, 6) is -0.355. The van der Waals surface area contributed by atoms with Crippen LogP contribution in [0.1, 0.15) is 43.7 Å². The van der Waals surface area contributed by atoms with Gasteiger partial charge < -0.3 is 10.2 Å². The summed E-state index contributed by atoms with van der Waals surface area (Å²) in [6.07, 6.45) is 4.32. The molecule has 0 heterocycles. The van der Waals surface area contributed by atoms with Crippen molar-refractivity contribution in [2.24, 2.45) is 0 Å². The molecule has 2 aromatic rings. The molecular formula is C23H25Cl3N2O2. The normalized spacial score (nSPS) is 15.1. The molecule has 2 aromatic carbocycles. The Balaban J connectivity index is 1.83. The van der Waals surface area contributed by atoms with E-state index in [0.29, 0.717) is 20.6 Å². The lowest BCUT2D eigenvalue weighted by atomic mass is 10.1. The van der Waals surface area contributed by atoms with Crippen LogP contribution in [0.5, 0.6) is 0 Å². The van der Waals surface area contributed by atoms with Crippen LogP contribution in [0, 0.1) is 0 Å². The smallest absolute Gasteiger partial charge is 0.242 e. The van der Waals surface area contributed by atoms with E-state index in [-0.39, 0.29) is 30.8 Å². The lowest BCUT2D eigenvalue weighted by Gasteiger charge is -2.30. The Bertz CT molecular complexity index is 893. The molecule has 0 bridgehead atoms. The van der Waals surface area contributed by atoms with Crippen molar-refractivity contribution >= 4 is 46.6 Å². The minimum absolute atomic E-state index is 0.129. The largest absolute Gasteiger partial charge is 0.352 e. The average Bonchev–Trinajstić information content (AvgIpc) is 3.20. The fourth-order valence-electron chi connectivity index (χ4n) is 3.75. The van der Waals surface area contributed by atoms with Crippen molar-refractivity contribution in [1.29, 1.82) is 0 Å². The lowest BCUT2D eigenvalue weighted by Crippen LogP contribution is -2.50. The van der Waals surface area contributed by atoms with Gasteiger partial charge in [0.05, 0.1) is 6.42 Å². The van der Waals surface area contributed by atoms with Gasteiger partial charge >= 0.3 is 0 Å². The first-order valence-electron chi connectivity index (χ1n) is 10.1. The first-order chi connectivity index (χ1) is 14.3. The molecule has 2 amide bonds. The van der Waals surface area contributed by atoms with E-state index in [1.165, 1.54) is 4.90 Å². The molecule has 1 N–H and O–H groups in total. The maximum atomic E-state index is 13.3. The summed E-state index contributed by atoms with van der Waals surface area (Å²) in [5.41, 5.74) is 1.41. The van der Waals surface area contributed by atoms with E-state index in [0.717, 1.165) is 31.2 Å². The Morgan fingerprint density at radius 2 is 1.70 bits per heavy atom. The Morgan fingerprint density at radius 1 is 1.07 bits per heavy atom. The molecule has 7 heteroatoms. The van der Waals surface area contributed by atoms with Crippen LogP contribution in [0.15, 0.2) is 42.5 Å². The molecule has 30 heavy (non-hydrogen) atoms. The van der Waals surface area contributed by atoms with Crippen LogP contribution in [-0.2, 0) is 22.6 Å². The molecule has 0 spiro atoms. The summed E-state index contributed by atoms with van der Waals surface area (Å²) in [4.78, 5) is 27.7. The van der Waals surface area contributed by atoms with E-state index >= 15 is 0 Å². The molecule has 1 saturated carbocycles. The van der Waals surface area contributed by atoms with Crippen LogP contribution in [0.2, 0.25) is 15.1 Å². The van der Waals surface area contributed by atoms with Gasteiger partial charge in [-0.1, -0.05) is 65.8 Å². The Hall–Kier alpha value is -1.75. The summed E-state index contributed by atoms with van der Waals surface area (Å²) in [7, 11) is 0. The van der Waals surface area contributed by atoms with E-state index in [1.54, 1.807) is 43.3 Å². The minimum Gasteiger partial charge on any atom is -0.352 e. The highest BCUT2D eigenvalue weighted by Gasteiger charge is 2.29. The highest BCUT2D eigenvalue weighted by Crippen LogP contribution is 2.27. The van der Waals surface area contributed by atoms with Crippen LogP contribution in [0.25, 0.3) is 0 Å². The quantitative estimate of drug-likeness (QED) is 0.571. The van der Waals surface area contributed by atoms with E-state index < -0.39 is 6.04 Å². The van der Waals surface area contributed by atoms with Crippen molar-refractivity contribution in [3.63, 3.8) is 0 Å².